The molecule has 5 aliphatic carbocycles. The Morgan fingerprint density at radius 2 is 0.412 bits per heavy atom. The lowest BCUT2D eigenvalue weighted by Crippen LogP contribution is -2.30. The summed E-state index contributed by atoms with van der Waals surface area (Å²) in [5.74, 6) is 2.81. The summed E-state index contributed by atoms with van der Waals surface area (Å²) < 4.78 is 0. The van der Waals surface area contributed by atoms with E-state index in [4.69, 9.17) is 0 Å². The number of benzene rings is 8. The van der Waals surface area contributed by atoms with E-state index >= 15 is 0 Å². The Morgan fingerprint density at radius 1 is 0.212 bits per heavy atom. The molecule has 0 aromatic heterocycles. The predicted octanol–water partition coefficient (Wildman–Crippen LogP) is 23.4. The van der Waals surface area contributed by atoms with Gasteiger partial charge in [-0.2, -0.15) is 0 Å². The van der Waals surface area contributed by atoms with E-state index in [9.17, 15) is 0 Å². The average Bonchev–Trinajstić information content (AvgIpc) is 3.56. The molecule has 0 spiro atoms. The monoisotopic (exact) mass is 1050 g/mol. The lowest BCUT2D eigenvalue weighted by atomic mass is 9.65. The second-order valence-corrected chi connectivity index (χ2v) is 25.3. The van der Waals surface area contributed by atoms with Crippen molar-refractivity contribution in [2.24, 2.45) is 0 Å². The van der Waals surface area contributed by atoms with Gasteiger partial charge in [-0.05, 0) is 216 Å². The van der Waals surface area contributed by atoms with Gasteiger partial charge in [0.2, 0.25) is 0 Å². The van der Waals surface area contributed by atoms with Gasteiger partial charge < -0.3 is 9.80 Å². The first-order chi connectivity index (χ1) is 39.6. The first-order valence-electron chi connectivity index (χ1n) is 32.0. The summed E-state index contributed by atoms with van der Waals surface area (Å²) in [6.07, 6.45) is 33.2. The number of nitrogens with zero attached hydrogens (tertiary/aromatic N) is 2. The Labute approximate surface area is 480 Å². The Morgan fingerprint density at radius 3 is 0.688 bits per heavy atom. The van der Waals surface area contributed by atoms with Crippen LogP contribution in [0.4, 0.5) is 34.1 Å². The minimum Gasteiger partial charge on any atom is -0.311 e. The van der Waals surface area contributed by atoms with E-state index in [2.05, 4.69) is 204 Å². The van der Waals surface area contributed by atoms with Crippen LogP contribution in [-0.2, 0) is 5.41 Å². The Hall–Kier alpha value is -6.64. The van der Waals surface area contributed by atoms with Crippen molar-refractivity contribution in [3.05, 3.63) is 228 Å². The molecule has 8 aromatic rings. The molecular formula is C78H86N2. The summed E-state index contributed by atoms with van der Waals surface area (Å²) in [7, 11) is 0. The topological polar surface area (TPSA) is 6.48 Å². The second kappa shape index (κ2) is 24.6. The number of rotatable bonds is 14. The molecular weight excluding hydrogens is 965 g/mol. The smallest absolute Gasteiger partial charge is 0.0462 e. The van der Waals surface area contributed by atoms with Crippen molar-refractivity contribution in [3.8, 4) is 22.3 Å². The van der Waals surface area contributed by atoms with Gasteiger partial charge in [0.15, 0.2) is 0 Å². The van der Waals surface area contributed by atoms with Gasteiger partial charge in [-0.25, -0.2) is 0 Å². The molecule has 8 aromatic carbocycles. The zero-order chi connectivity index (χ0) is 53.5. The van der Waals surface area contributed by atoms with Crippen molar-refractivity contribution in [2.45, 2.75) is 190 Å². The van der Waals surface area contributed by atoms with Gasteiger partial charge in [0, 0.05) is 39.5 Å². The van der Waals surface area contributed by atoms with Crippen LogP contribution in [0.3, 0.4) is 0 Å². The zero-order valence-electron chi connectivity index (χ0n) is 47.9. The predicted molar refractivity (Wildman–Crippen MR) is 340 cm³/mol. The van der Waals surface area contributed by atoms with Crippen LogP contribution in [0.1, 0.15) is 218 Å². The van der Waals surface area contributed by atoms with Crippen LogP contribution in [0.5, 0.6) is 0 Å². The van der Waals surface area contributed by atoms with E-state index in [1.807, 2.05) is 0 Å². The molecule has 0 N–H and O–H groups in total. The van der Waals surface area contributed by atoms with Crippen LogP contribution in [-0.4, -0.2) is 0 Å². The minimum atomic E-state index is -0.0362. The molecule has 2 nitrogen and oxygen atoms in total. The fraction of sp³-hybridized carbons (Fsp3) is 0.385. The summed E-state index contributed by atoms with van der Waals surface area (Å²) in [6.45, 7) is 0. The van der Waals surface area contributed by atoms with Crippen LogP contribution >= 0.6 is 0 Å². The van der Waals surface area contributed by atoms with Crippen molar-refractivity contribution in [1.29, 1.82) is 0 Å². The van der Waals surface area contributed by atoms with Gasteiger partial charge in [-0.3, -0.25) is 0 Å². The van der Waals surface area contributed by atoms with Gasteiger partial charge >= 0.3 is 0 Å². The molecule has 5 saturated carbocycles. The SMILES string of the molecule is c1cc(-c2ccc(N(c3ccc(C4CCCCC4)cc3)c3ccc(C4(c5ccc(N(c6ccc(C7CCCCC7)cc6)c6ccc(C7CCCCC7)cc6)cc5)CCCCC4)cc3)cc2)ccc1-c1ccc(C2CCCCC2)cc1. The lowest BCUT2D eigenvalue weighted by molar-refractivity contribution is 0.346. The van der Waals surface area contributed by atoms with Crippen molar-refractivity contribution in [1.82, 2.24) is 0 Å². The molecule has 0 heterocycles. The maximum Gasteiger partial charge on any atom is 0.0462 e. The Bertz CT molecular complexity index is 3130. The quantitative estimate of drug-likeness (QED) is 0.107. The highest BCUT2D eigenvalue weighted by Gasteiger charge is 2.36. The maximum absolute atomic E-state index is 2.51. The van der Waals surface area contributed by atoms with Crippen LogP contribution in [0, 0.1) is 0 Å². The van der Waals surface area contributed by atoms with Crippen molar-refractivity contribution < 1.29 is 0 Å². The van der Waals surface area contributed by atoms with Gasteiger partial charge in [0.05, 0.1) is 0 Å². The molecule has 0 amide bonds. The molecule has 5 fully saturated rings. The van der Waals surface area contributed by atoms with Gasteiger partial charge in [0.1, 0.15) is 0 Å². The fourth-order valence-electron chi connectivity index (χ4n) is 15.7. The van der Waals surface area contributed by atoms with Gasteiger partial charge in [-0.1, -0.05) is 218 Å². The molecule has 2 heteroatoms. The zero-order valence-corrected chi connectivity index (χ0v) is 47.9. The third-order valence-corrected chi connectivity index (χ3v) is 20.4. The van der Waals surface area contributed by atoms with Crippen molar-refractivity contribution in [3.63, 3.8) is 0 Å². The Kier molecular flexibility index (Phi) is 16.2. The molecule has 5 aliphatic rings. The van der Waals surface area contributed by atoms with Crippen LogP contribution < -0.4 is 9.80 Å². The fourth-order valence-corrected chi connectivity index (χ4v) is 15.7. The van der Waals surface area contributed by atoms with Crippen LogP contribution in [0.25, 0.3) is 22.3 Å². The molecule has 0 atom stereocenters. The van der Waals surface area contributed by atoms with Crippen LogP contribution in [0.2, 0.25) is 0 Å². The first kappa shape index (κ1) is 52.7. The maximum atomic E-state index is 2.51. The molecule has 13 rings (SSSR count). The minimum absolute atomic E-state index is 0.0362. The number of hydrogen-bond acceptors (Lipinski definition) is 2. The first-order valence-corrected chi connectivity index (χ1v) is 32.0. The second-order valence-electron chi connectivity index (χ2n) is 25.3. The summed E-state index contributed by atoms with van der Waals surface area (Å²) >= 11 is 0. The summed E-state index contributed by atoms with van der Waals surface area (Å²) in [5.41, 5.74) is 21.3. The van der Waals surface area contributed by atoms with Gasteiger partial charge in [-0.15, -0.1) is 0 Å². The highest BCUT2D eigenvalue weighted by molar-refractivity contribution is 5.80. The average molecular weight is 1050 g/mol. The summed E-state index contributed by atoms with van der Waals surface area (Å²) in [5, 5.41) is 0. The molecule has 80 heavy (non-hydrogen) atoms. The van der Waals surface area contributed by atoms with E-state index in [0.29, 0.717) is 17.8 Å². The number of hydrogen-bond donors (Lipinski definition) is 0. The highest BCUT2D eigenvalue weighted by Crippen LogP contribution is 2.48. The normalized spacial score (nSPS) is 18.6. The molecule has 0 bridgehead atoms. The number of anilines is 6. The molecule has 408 valence electrons. The summed E-state index contributed by atoms with van der Waals surface area (Å²) in [6, 6.07) is 76.5. The molecule has 0 aliphatic heterocycles. The van der Waals surface area contributed by atoms with E-state index in [0.717, 1.165) is 5.92 Å². The van der Waals surface area contributed by atoms with E-state index in [-0.39, 0.29) is 5.41 Å². The van der Waals surface area contributed by atoms with Crippen molar-refractivity contribution in [2.75, 3.05) is 9.80 Å². The van der Waals surface area contributed by atoms with E-state index in [1.165, 1.54) is 250 Å². The molecule has 0 unspecified atom stereocenters. The molecule has 0 radical (unpaired) electrons. The van der Waals surface area contributed by atoms with E-state index in [1.54, 1.807) is 0 Å². The standard InChI is InChI=1S/C78H86N2/c1-6-16-58(17-7-1)62-24-26-63(27-25-62)64-28-30-65(31-29-64)69-38-50-75(51-39-69)80(74-48-36-68(37-49-74)61-22-12-4-13-23-61)77-54-42-71(43-55-77)78(56-14-5-15-57-78)70-40-52-76(53-41-70)79(72-44-32-66(33-45-72)59-18-8-2-9-19-59)73-46-34-67(35-47-73)60-20-10-3-11-21-60/h24-55,58-61H,1-23,56-57H2. The van der Waals surface area contributed by atoms with Crippen LogP contribution in [0.15, 0.2) is 194 Å². The van der Waals surface area contributed by atoms with E-state index < -0.39 is 0 Å². The highest BCUT2D eigenvalue weighted by atomic mass is 15.1. The summed E-state index contributed by atoms with van der Waals surface area (Å²) in [4.78, 5) is 5.00. The Balaban J connectivity index is 0.787. The van der Waals surface area contributed by atoms with Crippen molar-refractivity contribution >= 4 is 34.1 Å². The third kappa shape index (κ3) is 11.5. The lowest BCUT2D eigenvalue weighted by Gasteiger charge is -2.39. The largest absolute Gasteiger partial charge is 0.311 e. The third-order valence-electron chi connectivity index (χ3n) is 20.4. The molecule has 0 saturated heterocycles. The van der Waals surface area contributed by atoms with Gasteiger partial charge in [0.25, 0.3) is 0 Å².